The van der Waals surface area contributed by atoms with Gasteiger partial charge in [-0.25, -0.2) is 14.6 Å². The molecule has 3 heterocycles. The number of nitrogens with two attached hydrogens (primary N) is 1. The second-order valence-electron chi connectivity index (χ2n) is 8.16. The highest BCUT2D eigenvalue weighted by atomic mass is 35.5. The molecule has 3 aromatic heterocycles. The molecule has 9 heteroatoms. The quantitative estimate of drug-likeness (QED) is 0.631. The van der Waals surface area contributed by atoms with Crippen LogP contribution in [0.1, 0.15) is 61.3 Å². The molecule has 1 aliphatic carbocycles. The third-order valence-electron chi connectivity index (χ3n) is 4.75. The lowest BCUT2D eigenvalue weighted by Gasteiger charge is -2.20. The lowest BCUT2D eigenvalue weighted by atomic mass is 10.1. The minimum Gasteiger partial charge on any atom is -0.384 e. The summed E-state index contributed by atoms with van der Waals surface area (Å²) in [6, 6.07) is 5.32. The molecule has 0 bridgehead atoms. The number of hydrogen-bond acceptors (Lipinski definition) is 5. The fraction of sp³-hybridized carbons (Fsp3) is 0.400. The predicted octanol–water partition coefficient (Wildman–Crippen LogP) is 4.45. The van der Waals surface area contributed by atoms with Crippen molar-refractivity contribution < 1.29 is 4.79 Å². The summed E-state index contributed by atoms with van der Waals surface area (Å²) in [6.07, 6.45) is 3.78. The van der Waals surface area contributed by atoms with Gasteiger partial charge in [-0.15, -0.1) is 24.8 Å². The van der Waals surface area contributed by atoms with E-state index in [1.54, 1.807) is 18.3 Å². The number of halogens is 2. The number of aromatic nitrogens is 4. The van der Waals surface area contributed by atoms with Crippen LogP contribution >= 0.6 is 24.8 Å². The standard InChI is InChI=1S/C20H24N6O.2ClH/c1-11-17-14(19(27)23-13-7-8-16(21)22-10-13)9-15(12-5-6-12)24-18(17)26(25-11)20(2,3)4;;/h7-10,12H,5-6H2,1-4H3,(H2,21,22)(H,23,27);2*1H. The van der Waals surface area contributed by atoms with E-state index in [9.17, 15) is 4.79 Å². The van der Waals surface area contributed by atoms with Gasteiger partial charge in [-0.2, -0.15) is 5.10 Å². The number of rotatable bonds is 3. The monoisotopic (exact) mass is 436 g/mol. The Balaban J connectivity index is 0.00000150. The summed E-state index contributed by atoms with van der Waals surface area (Å²) in [6.45, 7) is 8.18. The number of pyridine rings is 2. The van der Waals surface area contributed by atoms with Crippen LogP contribution in [0.25, 0.3) is 11.0 Å². The zero-order chi connectivity index (χ0) is 19.3. The molecule has 1 fully saturated rings. The number of nitrogens with one attached hydrogen (secondary N) is 1. The van der Waals surface area contributed by atoms with Gasteiger partial charge in [-0.1, -0.05) is 0 Å². The Bertz CT molecular complexity index is 1040. The van der Waals surface area contributed by atoms with Gasteiger partial charge in [0.2, 0.25) is 0 Å². The number of hydrogen-bond donors (Lipinski definition) is 2. The Morgan fingerprint density at radius 3 is 2.48 bits per heavy atom. The normalized spacial score (nSPS) is 13.5. The van der Waals surface area contributed by atoms with Gasteiger partial charge < -0.3 is 11.1 Å². The Hall–Kier alpha value is -2.38. The molecular formula is C20H26Cl2N6O. The smallest absolute Gasteiger partial charge is 0.256 e. The maximum atomic E-state index is 13.1. The Kier molecular flexibility index (Phi) is 6.45. The summed E-state index contributed by atoms with van der Waals surface area (Å²) in [5.74, 6) is 0.660. The van der Waals surface area contributed by atoms with Gasteiger partial charge in [0, 0.05) is 11.6 Å². The van der Waals surface area contributed by atoms with Crippen LogP contribution in [0.4, 0.5) is 11.5 Å². The zero-order valence-corrected chi connectivity index (χ0v) is 18.5. The Morgan fingerprint density at radius 1 is 1.24 bits per heavy atom. The van der Waals surface area contributed by atoms with E-state index in [1.165, 1.54) is 0 Å². The highest BCUT2D eigenvalue weighted by Crippen LogP contribution is 2.41. The van der Waals surface area contributed by atoms with Gasteiger partial charge in [-0.05, 0) is 58.7 Å². The molecule has 29 heavy (non-hydrogen) atoms. The van der Waals surface area contributed by atoms with E-state index in [0.717, 1.165) is 35.3 Å². The maximum absolute atomic E-state index is 13.1. The van der Waals surface area contributed by atoms with Gasteiger partial charge in [0.1, 0.15) is 5.82 Å². The minimum atomic E-state index is -0.226. The second-order valence-corrected chi connectivity index (χ2v) is 8.16. The van der Waals surface area contributed by atoms with Gasteiger partial charge >= 0.3 is 0 Å². The van der Waals surface area contributed by atoms with Gasteiger partial charge in [0.15, 0.2) is 5.65 Å². The molecule has 1 saturated carbocycles. The van der Waals surface area contributed by atoms with E-state index < -0.39 is 0 Å². The number of carbonyl (C=O) groups excluding carboxylic acids is 1. The summed E-state index contributed by atoms with van der Waals surface area (Å²) < 4.78 is 1.92. The first-order chi connectivity index (χ1) is 12.7. The van der Waals surface area contributed by atoms with E-state index in [-0.39, 0.29) is 36.3 Å². The van der Waals surface area contributed by atoms with Gasteiger partial charge in [-0.3, -0.25) is 4.79 Å². The van der Waals surface area contributed by atoms with Crippen molar-refractivity contribution in [1.29, 1.82) is 0 Å². The number of nitrogens with zero attached hydrogens (tertiary/aromatic N) is 4. The molecule has 0 radical (unpaired) electrons. The van der Waals surface area contributed by atoms with Crippen LogP contribution in [0, 0.1) is 6.92 Å². The molecular weight excluding hydrogens is 411 g/mol. The van der Waals surface area contributed by atoms with Crippen molar-refractivity contribution in [2.24, 2.45) is 0 Å². The van der Waals surface area contributed by atoms with Crippen LogP contribution < -0.4 is 11.1 Å². The Morgan fingerprint density at radius 2 is 1.93 bits per heavy atom. The predicted molar refractivity (Wildman–Crippen MR) is 120 cm³/mol. The highest BCUT2D eigenvalue weighted by molar-refractivity contribution is 6.12. The molecule has 0 spiro atoms. The van der Waals surface area contributed by atoms with Gasteiger partial charge in [0.25, 0.3) is 5.91 Å². The number of fused-ring (bicyclic) bond motifs is 1. The van der Waals surface area contributed by atoms with E-state index in [0.29, 0.717) is 23.0 Å². The molecule has 0 saturated heterocycles. The van der Waals surface area contributed by atoms with E-state index >= 15 is 0 Å². The molecule has 0 aliphatic heterocycles. The molecule has 1 amide bonds. The number of aryl methyl sites for hydroxylation is 1. The Labute approximate surface area is 182 Å². The molecule has 1 aliphatic rings. The third-order valence-corrected chi connectivity index (χ3v) is 4.75. The van der Waals surface area contributed by atoms with Crippen LogP contribution in [0.15, 0.2) is 24.4 Å². The number of amides is 1. The van der Waals surface area contributed by atoms with Crippen molar-refractivity contribution >= 4 is 53.3 Å². The third kappa shape index (κ3) is 4.46. The summed E-state index contributed by atoms with van der Waals surface area (Å²) in [7, 11) is 0. The molecule has 3 aromatic rings. The van der Waals surface area contributed by atoms with E-state index in [4.69, 9.17) is 10.7 Å². The van der Waals surface area contributed by atoms with Crippen LogP contribution in [0.5, 0.6) is 0 Å². The van der Waals surface area contributed by atoms with Crippen LogP contribution in [-0.4, -0.2) is 25.7 Å². The average molecular weight is 437 g/mol. The van der Waals surface area contributed by atoms with Crippen LogP contribution in [0.2, 0.25) is 0 Å². The van der Waals surface area contributed by atoms with Crippen molar-refractivity contribution in [2.75, 3.05) is 11.1 Å². The van der Waals surface area contributed by atoms with Crippen LogP contribution in [0.3, 0.4) is 0 Å². The van der Waals surface area contributed by atoms with Crippen molar-refractivity contribution in [3.63, 3.8) is 0 Å². The zero-order valence-electron chi connectivity index (χ0n) is 16.9. The summed E-state index contributed by atoms with van der Waals surface area (Å²) in [5, 5.41) is 8.41. The largest absolute Gasteiger partial charge is 0.384 e. The molecule has 4 rings (SSSR count). The van der Waals surface area contributed by atoms with Gasteiger partial charge in [0.05, 0.1) is 34.1 Å². The number of anilines is 2. The summed E-state index contributed by atoms with van der Waals surface area (Å²) in [4.78, 5) is 22.0. The molecule has 3 N–H and O–H groups in total. The fourth-order valence-corrected chi connectivity index (χ4v) is 3.22. The first-order valence-electron chi connectivity index (χ1n) is 9.17. The minimum absolute atomic E-state index is 0. The first-order valence-corrected chi connectivity index (χ1v) is 9.17. The lowest BCUT2D eigenvalue weighted by Crippen LogP contribution is -2.23. The van der Waals surface area contributed by atoms with Crippen LogP contribution in [-0.2, 0) is 5.54 Å². The van der Waals surface area contributed by atoms with Crippen molar-refractivity contribution in [1.82, 2.24) is 19.7 Å². The second kappa shape index (κ2) is 8.16. The molecule has 0 atom stereocenters. The molecule has 0 aromatic carbocycles. The van der Waals surface area contributed by atoms with E-state index in [2.05, 4.69) is 36.2 Å². The first kappa shape index (κ1) is 22.9. The average Bonchev–Trinajstić information content (AvgIpc) is 3.39. The lowest BCUT2D eigenvalue weighted by molar-refractivity contribution is 0.102. The fourth-order valence-electron chi connectivity index (χ4n) is 3.22. The molecule has 156 valence electrons. The molecule has 0 unspecified atom stereocenters. The summed E-state index contributed by atoms with van der Waals surface area (Å²) in [5.41, 5.74) is 9.14. The number of carbonyl (C=O) groups is 1. The maximum Gasteiger partial charge on any atom is 0.256 e. The van der Waals surface area contributed by atoms with Crippen molar-refractivity contribution in [2.45, 2.75) is 52.0 Å². The highest BCUT2D eigenvalue weighted by Gasteiger charge is 2.30. The van der Waals surface area contributed by atoms with Crippen molar-refractivity contribution in [3.05, 3.63) is 41.3 Å². The number of nitrogen functional groups attached to an aromatic ring is 1. The topological polar surface area (TPSA) is 98.7 Å². The van der Waals surface area contributed by atoms with E-state index in [1.807, 2.05) is 17.7 Å². The SMILES string of the molecule is Cc1nn(C(C)(C)C)c2nc(C3CC3)cc(C(=O)Nc3ccc(N)nc3)c12.Cl.Cl. The van der Waals surface area contributed by atoms with Crippen molar-refractivity contribution in [3.8, 4) is 0 Å². The molecule has 7 nitrogen and oxygen atoms in total. The summed E-state index contributed by atoms with van der Waals surface area (Å²) >= 11 is 0.